The highest BCUT2D eigenvalue weighted by Gasteiger charge is 2.16. The minimum absolute atomic E-state index is 0.299. The highest BCUT2D eigenvalue weighted by Crippen LogP contribution is 2.29. The maximum Gasteiger partial charge on any atom is 0.211 e. The lowest BCUT2D eigenvalue weighted by molar-refractivity contribution is 0.344. The van der Waals surface area contributed by atoms with Crippen LogP contribution in [0.4, 0.5) is 0 Å². The Bertz CT molecular complexity index is 1030. The van der Waals surface area contributed by atoms with Gasteiger partial charge in [-0.3, -0.25) is 0 Å². The quantitative estimate of drug-likeness (QED) is 0.366. The second-order valence-corrected chi connectivity index (χ2v) is 7.32. The van der Waals surface area contributed by atoms with Gasteiger partial charge in [-0.1, -0.05) is 48.2 Å². The molecule has 0 atom stereocenters. The molecule has 0 bridgehead atoms. The van der Waals surface area contributed by atoms with Crippen LogP contribution in [0.2, 0.25) is 0 Å². The van der Waals surface area contributed by atoms with E-state index in [1.165, 1.54) is 0 Å². The zero-order chi connectivity index (χ0) is 17.9. The van der Waals surface area contributed by atoms with Crippen LogP contribution in [-0.2, 0) is 0 Å². The van der Waals surface area contributed by atoms with Crippen molar-refractivity contribution >= 4 is 33.8 Å². The van der Waals surface area contributed by atoms with Crippen LogP contribution in [-0.4, -0.2) is 32.1 Å². The molecule has 0 N–H and O–H groups in total. The van der Waals surface area contributed by atoms with Crippen LogP contribution < -0.4 is 4.74 Å². The number of para-hydroxylation sites is 2. The van der Waals surface area contributed by atoms with Crippen molar-refractivity contribution in [2.45, 2.75) is 25.0 Å². The van der Waals surface area contributed by atoms with Crippen molar-refractivity contribution < 1.29 is 4.74 Å². The van der Waals surface area contributed by atoms with Gasteiger partial charge < -0.3 is 9.30 Å². The Morgan fingerprint density at radius 3 is 2.58 bits per heavy atom. The smallest absolute Gasteiger partial charge is 0.211 e. The van der Waals surface area contributed by atoms with E-state index in [4.69, 9.17) is 9.72 Å². The highest BCUT2D eigenvalue weighted by atomic mass is 32.2. The summed E-state index contributed by atoms with van der Waals surface area (Å²) in [5, 5.41) is 10.5. The number of fused-ring (bicyclic) bond motifs is 3. The summed E-state index contributed by atoms with van der Waals surface area (Å²) in [7, 11) is 0. The maximum absolute atomic E-state index is 5.72. The molecule has 0 saturated carbocycles. The van der Waals surface area contributed by atoms with E-state index in [1.807, 2.05) is 42.5 Å². The van der Waals surface area contributed by atoms with Gasteiger partial charge in [0.25, 0.3) is 0 Å². The topological polar surface area (TPSA) is 52.8 Å². The van der Waals surface area contributed by atoms with Gasteiger partial charge >= 0.3 is 0 Å². The van der Waals surface area contributed by atoms with Crippen molar-refractivity contribution in [2.24, 2.45) is 0 Å². The summed E-state index contributed by atoms with van der Waals surface area (Å²) in [5.41, 5.74) is 2.90. The van der Waals surface area contributed by atoms with Crippen molar-refractivity contribution in [1.29, 1.82) is 0 Å². The van der Waals surface area contributed by atoms with Crippen molar-refractivity contribution in [3.8, 4) is 5.75 Å². The van der Waals surface area contributed by atoms with Crippen LogP contribution in [0.5, 0.6) is 5.75 Å². The minimum atomic E-state index is 0.299. The molecule has 2 heterocycles. The van der Waals surface area contributed by atoms with E-state index in [9.17, 15) is 0 Å². The third-order valence-electron chi connectivity index (χ3n) is 4.14. The summed E-state index contributed by atoms with van der Waals surface area (Å²) in [5.74, 6) is 1.65. The number of ether oxygens (including phenoxy) is 1. The minimum Gasteiger partial charge on any atom is -0.493 e. The van der Waals surface area contributed by atoms with Crippen LogP contribution in [0.15, 0.2) is 59.8 Å². The van der Waals surface area contributed by atoms with E-state index >= 15 is 0 Å². The molecule has 0 unspecified atom stereocenters. The molecule has 4 aromatic rings. The molecule has 0 fully saturated rings. The molecular weight excluding hydrogens is 344 g/mol. The van der Waals surface area contributed by atoms with Gasteiger partial charge in [0.05, 0.1) is 12.1 Å². The zero-order valence-corrected chi connectivity index (χ0v) is 15.6. The Morgan fingerprint density at radius 1 is 1.00 bits per heavy atom. The maximum atomic E-state index is 5.72. The fourth-order valence-corrected chi connectivity index (χ4v) is 3.64. The van der Waals surface area contributed by atoms with E-state index in [0.717, 1.165) is 33.6 Å². The average molecular weight is 364 g/mol. The normalized spacial score (nSPS) is 11.5. The van der Waals surface area contributed by atoms with E-state index in [2.05, 4.69) is 40.7 Å². The van der Waals surface area contributed by atoms with Gasteiger partial charge in [-0.25, -0.2) is 4.98 Å². The second-order valence-electron chi connectivity index (χ2n) is 6.26. The van der Waals surface area contributed by atoms with Crippen LogP contribution >= 0.6 is 11.8 Å². The number of thioether (sulfide) groups is 1. The molecule has 0 radical (unpaired) electrons. The molecule has 0 aliphatic heterocycles. The fraction of sp³-hybridized carbons (Fsp3) is 0.250. The lowest BCUT2D eigenvalue weighted by atomic mass is 10.2. The molecule has 5 nitrogen and oxygen atoms in total. The number of benzene rings is 2. The summed E-state index contributed by atoms with van der Waals surface area (Å²) in [4.78, 5) is 4.77. The molecule has 0 saturated heterocycles. The van der Waals surface area contributed by atoms with Crippen LogP contribution in [0, 0.1) is 0 Å². The van der Waals surface area contributed by atoms with Crippen molar-refractivity contribution in [1.82, 2.24) is 19.7 Å². The van der Waals surface area contributed by atoms with E-state index in [0.29, 0.717) is 17.8 Å². The van der Waals surface area contributed by atoms with Crippen LogP contribution in [0.1, 0.15) is 19.9 Å². The van der Waals surface area contributed by atoms with E-state index in [-0.39, 0.29) is 0 Å². The summed E-state index contributed by atoms with van der Waals surface area (Å²) in [6.45, 7) is 4.92. The molecule has 0 amide bonds. The van der Waals surface area contributed by atoms with E-state index < -0.39 is 0 Å². The number of nitrogens with zero attached hydrogens (tertiary/aromatic N) is 4. The predicted molar refractivity (Wildman–Crippen MR) is 106 cm³/mol. The molecule has 4 rings (SSSR count). The van der Waals surface area contributed by atoms with Crippen molar-refractivity contribution in [2.75, 3.05) is 12.4 Å². The molecule has 0 aliphatic carbocycles. The number of rotatable bonds is 6. The Labute approximate surface area is 156 Å². The molecule has 26 heavy (non-hydrogen) atoms. The Morgan fingerprint density at radius 2 is 1.77 bits per heavy atom. The van der Waals surface area contributed by atoms with Crippen LogP contribution in [0.25, 0.3) is 22.1 Å². The number of hydrogen-bond donors (Lipinski definition) is 0. The predicted octanol–water partition coefficient (Wildman–Crippen LogP) is 4.73. The molecule has 2 aromatic heterocycles. The third-order valence-corrected chi connectivity index (χ3v) is 4.94. The fourth-order valence-electron chi connectivity index (χ4n) is 3.04. The van der Waals surface area contributed by atoms with Gasteiger partial charge in [0.2, 0.25) is 5.16 Å². The molecule has 2 aromatic carbocycles. The summed E-state index contributed by atoms with van der Waals surface area (Å²) >= 11 is 1.56. The molecule has 6 heteroatoms. The van der Waals surface area contributed by atoms with E-state index in [1.54, 1.807) is 11.8 Å². The highest BCUT2D eigenvalue weighted by molar-refractivity contribution is 7.99. The lowest BCUT2D eigenvalue weighted by Gasteiger charge is -2.10. The first-order valence-corrected chi connectivity index (χ1v) is 9.66. The molecular formula is C20H20N4OS. The first kappa shape index (κ1) is 16.8. The molecule has 132 valence electrons. The van der Waals surface area contributed by atoms with Crippen LogP contribution in [0.3, 0.4) is 0 Å². The zero-order valence-electron chi connectivity index (χ0n) is 14.8. The van der Waals surface area contributed by atoms with Gasteiger partial charge in [0, 0.05) is 17.2 Å². The SMILES string of the molecule is CC(C)n1c2ccccc2c2nnc(SCCOc3ccccc3)nc21. The van der Waals surface area contributed by atoms with Gasteiger partial charge in [0.1, 0.15) is 11.3 Å². The summed E-state index contributed by atoms with van der Waals surface area (Å²) in [6.07, 6.45) is 0. The monoisotopic (exact) mass is 364 g/mol. The molecule has 0 spiro atoms. The Kier molecular flexibility index (Phi) is 4.75. The summed E-state index contributed by atoms with van der Waals surface area (Å²) in [6, 6.07) is 18.4. The standard InChI is InChI=1S/C20H20N4OS/c1-14(2)24-17-11-7-6-10-16(17)18-19(24)21-20(23-22-18)26-13-12-25-15-8-4-3-5-9-15/h3-11,14H,12-13H2,1-2H3. The number of hydrogen-bond acceptors (Lipinski definition) is 5. The van der Waals surface area contributed by atoms with Gasteiger partial charge in [-0.2, -0.15) is 0 Å². The largest absolute Gasteiger partial charge is 0.493 e. The Hall–Kier alpha value is -2.60. The van der Waals surface area contributed by atoms with Crippen molar-refractivity contribution in [3.05, 3.63) is 54.6 Å². The van der Waals surface area contributed by atoms with Crippen molar-refractivity contribution in [3.63, 3.8) is 0 Å². The van der Waals surface area contributed by atoms with Gasteiger partial charge in [0.15, 0.2) is 5.65 Å². The third kappa shape index (κ3) is 3.24. The van der Waals surface area contributed by atoms with Gasteiger partial charge in [-0.15, -0.1) is 10.2 Å². The molecule has 0 aliphatic rings. The van der Waals surface area contributed by atoms with Gasteiger partial charge in [-0.05, 0) is 32.0 Å². The Balaban J connectivity index is 1.55. The first-order chi connectivity index (χ1) is 12.7. The first-order valence-electron chi connectivity index (χ1n) is 8.68. The summed E-state index contributed by atoms with van der Waals surface area (Å²) < 4.78 is 7.95. The lowest BCUT2D eigenvalue weighted by Crippen LogP contribution is -2.04. The second kappa shape index (κ2) is 7.33. The number of aromatic nitrogens is 4. The average Bonchev–Trinajstić information content (AvgIpc) is 3.00.